The lowest BCUT2D eigenvalue weighted by atomic mass is 10.0. The Hall–Kier alpha value is -2.33. The van der Waals surface area contributed by atoms with Crippen LogP contribution in [0.4, 0.5) is 5.69 Å². The number of carbonyl (C=O) groups excluding carboxylic acids is 2. The fourth-order valence-electron chi connectivity index (χ4n) is 2.71. The van der Waals surface area contributed by atoms with E-state index in [1.165, 1.54) is 6.92 Å². The first-order valence-corrected chi connectivity index (χ1v) is 8.35. The number of amides is 2. The van der Waals surface area contributed by atoms with E-state index in [1.807, 2.05) is 24.3 Å². The van der Waals surface area contributed by atoms with Crippen LogP contribution in [0, 0.1) is 5.92 Å². The molecule has 1 aliphatic rings. The maximum Gasteiger partial charge on any atom is 0.251 e. The highest BCUT2D eigenvalue weighted by molar-refractivity contribution is 6.30. The summed E-state index contributed by atoms with van der Waals surface area (Å²) in [7, 11) is 0. The van der Waals surface area contributed by atoms with Gasteiger partial charge in [0.1, 0.15) is 0 Å². The number of hydrogen-bond donors (Lipinski definition) is 2. The molecule has 0 heterocycles. The predicted molar refractivity (Wildman–Crippen MR) is 95.1 cm³/mol. The molecule has 0 aliphatic heterocycles. The number of nitrogens with one attached hydrogen (secondary N) is 2. The molecule has 5 heteroatoms. The highest BCUT2D eigenvalue weighted by atomic mass is 35.5. The van der Waals surface area contributed by atoms with Crippen molar-refractivity contribution in [3.63, 3.8) is 0 Å². The molecule has 1 saturated carbocycles. The van der Waals surface area contributed by atoms with Gasteiger partial charge in [0.2, 0.25) is 5.91 Å². The molecule has 0 spiro atoms. The van der Waals surface area contributed by atoms with Gasteiger partial charge in [-0.1, -0.05) is 23.7 Å². The van der Waals surface area contributed by atoms with Crippen LogP contribution in [-0.2, 0) is 4.79 Å². The predicted octanol–water partition coefficient (Wildman–Crippen LogP) is 4.18. The van der Waals surface area contributed by atoms with Gasteiger partial charge in [-0.15, -0.1) is 0 Å². The van der Waals surface area contributed by atoms with Gasteiger partial charge in [0.25, 0.3) is 5.91 Å². The van der Waals surface area contributed by atoms with E-state index in [4.69, 9.17) is 11.6 Å². The van der Waals surface area contributed by atoms with Crippen molar-refractivity contribution in [2.75, 3.05) is 5.32 Å². The van der Waals surface area contributed by atoms with Crippen LogP contribution in [0.15, 0.2) is 48.5 Å². The van der Waals surface area contributed by atoms with Gasteiger partial charge in [-0.25, -0.2) is 0 Å². The Bertz CT molecular complexity index is 737. The Labute approximate surface area is 146 Å². The van der Waals surface area contributed by atoms with Crippen LogP contribution < -0.4 is 10.6 Å². The molecule has 124 valence electrons. The lowest BCUT2D eigenvalue weighted by Gasteiger charge is -2.19. The van der Waals surface area contributed by atoms with Crippen molar-refractivity contribution in [1.82, 2.24) is 5.32 Å². The highest BCUT2D eigenvalue weighted by Gasteiger charge is 2.33. The van der Waals surface area contributed by atoms with Gasteiger partial charge in [0.15, 0.2) is 0 Å². The third kappa shape index (κ3) is 4.15. The fraction of sp³-hybridized carbons (Fsp3) is 0.263. The van der Waals surface area contributed by atoms with Crippen LogP contribution in [0.3, 0.4) is 0 Å². The number of rotatable bonds is 5. The molecule has 0 aromatic heterocycles. The molecule has 3 rings (SSSR count). The van der Waals surface area contributed by atoms with E-state index < -0.39 is 0 Å². The normalized spacial score (nSPS) is 14.8. The minimum absolute atomic E-state index is 0.00443. The van der Waals surface area contributed by atoms with E-state index in [2.05, 4.69) is 10.6 Å². The van der Waals surface area contributed by atoms with Gasteiger partial charge in [-0.2, -0.15) is 0 Å². The molecule has 1 unspecified atom stereocenters. The SMILES string of the molecule is CC(=O)Nc1ccc(C(=O)NC(c2ccc(Cl)cc2)C2CC2)cc1. The number of benzene rings is 2. The van der Waals surface area contributed by atoms with Gasteiger partial charge in [0, 0.05) is 23.2 Å². The number of hydrogen-bond acceptors (Lipinski definition) is 2. The van der Waals surface area contributed by atoms with Crippen molar-refractivity contribution in [2.24, 2.45) is 5.92 Å². The zero-order valence-electron chi connectivity index (χ0n) is 13.4. The average molecular weight is 343 g/mol. The Kier molecular flexibility index (Phi) is 4.86. The second-order valence-electron chi connectivity index (χ2n) is 6.10. The van der Waals surface area contributed by atoms with E-state index in [1.54, 1.807) is 24.3 Å². The maximum absolute atomic E-state index is 12.5. The van der Waals surface area contributed by atoms with E-state index in [-0.39, 0.29) is 17.9 Å². The van der Waals surface area contributed by atoms with Crippen LogP contribution in [0.25, 0.3) is 0 Å². The van der Waals surface area contributed by atoms with Crippen molar-refractivity contribution in [1.29, 1.82) is 0 Å². The Morgan fingerprint density at radius 2 is 1.67 bits per heavy atom. The summed E-state index contributed by atoms with van der Waals surface area (Å²) in [5.41, 5.74) is 2.32. The number of carbonyl (C=O) groups is 2. The third-order valence-corrected chi connectivity index (χ3v) is 4.33. The summed E-state index contributed by atoms with van der Waals surface area (Å²) in [5.74, 6) is 0.230. The fourth-order valence-corrected chi connectivity index (χ4v) is 2.83. The van der Waals surface area contributed by atoms with Gasteiger partial charge in [0.05, 0.1) is 6.04 Å². The average Bonchev–Trinajstić information content (AvgIpc) is 3.38. The van der Waals surface area contributed by atoms with Gasteiger partial charge in [-0.05, 0) is 60.7 Å². The molecule has 1 aliphatic carbocycles. The minimum Gasteiger partial charge on any atom is -0.345 e. The lowest BCUT2D eigenvalue weighted by molar-refractivity contribution is -0.114. The first kappa shape index (κ1) is 16.5. The molecule has 0 radical (unpaired) electrons. The van der Waals surface area contributed by atoms with Crippen LogP contribution >= 0.6 is 11.6 Å². The number of halogens is 1. The smallest absolute Gasteiger partial charge is 0.251 e. The summed E-state index contributed by atoms with van der Waals surface area (Å²) in [6.45, 7) is 1.45. The summed E-state index contributed by atoms with van der Waals surface area (Å²) in [6.07, 6.45) is 2.24. The lowest BCUT2D eigenvalue weighted by Crippen LogP contribution is -2.29. The van der Waals surface area contributed by atoms with Crippen molar-refractivity contribution in [3.05, 3.63) is 64.7 Å². The van der Waals surface area contributed by atoms with Gasteiger partial charge < -0.3 is 10.6 Å². The first-order valence-electron chi connectivity index (χ1n) is 7.97. The molecule has 2 aromatic rings. The van der Waals surface area contributed by atoms with Crippen LogP contribution in [-0.4, -0.2) is 11.8 Å². The highest BCUT2D eigenvalue weighted by Crippen LogP contribution is 2.41. The minimum atomic E-state index is -0.135. The molecular weight excluding hydrogens is 324 g/mol. The second-order valence-corrected chi connectivity index (χ2v) is 6.54. The second kappa shape index (κ2) is 7.05. The quantitative estimate of drug-likeness (QED) is 0.856. The van der Waals surface area contributed by atoms with Crippen molar-refractivity contribution in [2.45, 2.75) is 25.8 Å². The first-order chi connectivity index (χ1) is 11.5. The zero-order valence-corrected chi connectivity index (χ0v) is 14.1. The van der Waals surface area contributed by atoms with E-state index in [9.17, 15) is 9.59 Å². The largest absolute Gasteiger partial charge is 0.345 e. The summed E-state index contributed by atoms with van der Waals surface area (Å²) in [5, 5.41) is 6.50. The Balaban J connectivity index is 1.71. The molecular formula is C19H19ClN2O2. The monoisotopic (exact) mass is 342 g/mol. The molecule has 2 N–H and O–H groups in total. The third-order valence-electron chi connectivity index (χ3n) is 4.08. The van der Waals surface area contributed by atoms with E-state index in [0.717, 1.165) is 18.4 Å². The summed E-state index contributed by atoms with van der Waals surface area (Å²) >= 11 is 5.95. The zero-order chi connectivity index (χ0) is 17.1. The van der Waals surface area contributed by atoms with Crippen LogP contribution in [0.5, 0.6) is 0 Å². The topological polar surface area (TPSA) is 58.2 Å². The molecule has 1 atom stereocenters. The molecule has 1 fully saturated rings. The van der Waals surface area contributed by atoms with Crippen molar-refractivity contribution >= 4 is 29.1 Å². The van der Waals surface area contributed by atoms with Gasteiger partial charge in [-0.3, -0.25) is 9.59 Å². The molecule has 0 bridgehead atoms. The van der Waals surface area contributed by atoms with Crippen molar-refractivity contribution in [3.8, 4) is 0 Å². The molecule has 4 nitrogen and oxygen atoms in total. The number of anilines is 1. The molecule has 24 heavy (non-hydrogen) atoms. The van der Waals surface area contributed by atoms with Crippen LogP contribution in [0.1, 0.15) is 41.7 Å². The Morgan fingerprint density at radius 3 is 2.21 bits per heavy atom. The standard InChI is InChI=1S/C19H19ClN2O2/c1-12(23)21-17-10-6-15(7-11-17)19(24)22-18(13-2-3-13)14-4-8-16(20)9-5-14/h4-11,13,18H,2-3H2,1H3,(H,21,23)(H,22,24). The summed E-state index contributed by atoms with van der Waals surface area (Å²) in [6, 6.07) is 14.5. The van der Waals surface area contributed by atoms with Gasteiger partial charge >= 0.3 is 0 Å². The van der Waals surface area contributed by atoms with Crippen LogP contribution in [0.2, 0.25) is 5.02 Å². The summed E-state index contributed by atoms with van der Waals surface area (Å²) in [4.78, 5) is 23.6. The van der Waals surface area contributed by atoms with E-state index in [0.29, 0.717) is 22.2 Å². The summed E-state index contributed by atoms with van der Waals surface area (Å²) < 4.78 is 0. The van der Waals surface area contributed by atoms with Crippen molar-refractivity contribution < 1.29 is 9.59 Å². The maximum atomic E-state index is 12.5. The van der Waals surface area contributed by atoms with E-state index >= 15 is 0 Å². The molecule has 2 aromatic carbocycles. The molecule has 2 amide bonds. The Morgan fingerprint density at radius 1 is 1.04 bits per heavy atom. The molecule has 0 saturated heterocycles.